The molecule has 0 radical (unpaired) electrons. The fourth-order valence-electron chi connectivity index (χ4n) is 3.80. The van der Waals surface area contributed by atoms with Crippen LogP contribution in [0, 0.1) is 0 Å². The van der Waals surface area contributed by atoms with E-state index in [1.54, 1.807) is 0 Å². The number of nitrogen functional groups attached to an aromatic ring is 3. The van der Waals surface area contributed by atoms with Gasteiger partial charge in [-0.2, -0.15) is 16.8 Å². The van der Waals surface area contributed by atoms with Gasteiger partial charge in [-0.25, -0.2) is 10.5 Å². The standard InChI is InChI=1S/C22H19N7O13S4/c23-10-1-3-14(43-41-39-31)12(7-10)26-29-21-17(46(36,37)38)6-9-5-15(44-42-40-32)20(22(30)18(9)19(21)25)28-27-13-8-11(24)2-4-16(13)45(33,34)35/h1-8,30-32H,23-25H2,(H,33,34,35)(H,36,37,38). The fraction of sp³-hybridized carbons (Fsp3) is 0. The molecule has 0 aliphatic rings. The Balaban J connectivity index is 1.99. The SMILES string of the molecule is Nc1ccc(SOOO)c(N=Nc2c(S(=O)(=O)O)cc3cc(SOOO)c(N=Nc4cc(N)ccc4S(=O)(=O)O)c(O)c3c2N)c1. The van der Waals surface area contributed by atoms with Crippen molar-refractivity contribution in [2.24, 2.45) is 20.5 Å². The number of fused-ring (bicyclic) bond motifs is 1. The van der Waals surface area contributed by atoms with E-state index in [9.17, 15) is 31.0 Å². The number of azo groups is 2. The Labute approximate surface area is 266 Å². The second-order valence-corrected chi connectivity index (χ2v) is 12.8. The van der Waals surface area contributed by atoms with E-state index in [1.807, 2.05) is 0 Å². The van der Waals surface area contributed by atoms with Crippen molar-refractivity contribution in [3.63, 3.8) is 0 Å². The quantitative estimate of drug-likeness (QED) is 0.0225. The van der Waals surface area contributed by atoms with Gasteiger partial charge < -0.3 is 22.3 Å². The van der Waals surface area contributed by atoms with Crippen LogP contribution in [-0.4, -0.2) is 41.6 Å². The third kappa shape index (κ3) is 7.78. The summed E-state index contributed by atoms with van der Waals surface area (Å²) in [6.45, 7) is 0. The van der Waals surface area contributed by atoms with Crippen LogP contribution in [0.25, 0.3) is 10.8 Å². The summed E-state index contributed by atoms with van der Waals surface area (Å²) in [4.78, 5) is -1.60. The van der Waals surface area contributed by atoms with Gasteiger partial charge in [0, 0.05) is 11.4 Å². The van der Waals surface area contributed by atoms with Gasteiger partial charge in [0.2, 0.25) is 0 Å². The lowest BCUT2D eigenvalue weighted by Gasteiger charge is -2.14. The van der Waals surface area contributed by atoms with Crippen molar-refractivity contribution < 1.29 is 60.3 Å². The van der Waals surface area contributed by atoms with Crippen molar-refractivity contribution in [2.75, 3.05) is 17.2 Å². The lowest BCUT2D eigenvalue weighted by atomic mass is 10.1. The van der Waals surface area contributed by atoms with Crippen LogP contribution in [0.15, 0.2) is 88.6 Å². The number of hydrogen-bond acceptors (Lipinski definition) is 20. The molecule has 0 saturated heterocycles. The molecule has 0 unspecified atom stereocenters. The molecule has 0 aliphatic heterocycles. The first-order valence-electron chi connectivity index (χ1n) is 11.6. The molecule has 0 atom stereocenters. The highest BCUT2D eigenvalue weighted by Crippen LogP contribution is 2.50. The Morgan fingerprint density at radius 2 is 1.20 bits per heavy atom. The summed E-state index contributed by atoms with van der Waals surface area (Å²) in [6, 6.07) is 9.30. The molecule has 11 N–H and O–H groups in total. The molecule has 0 aromatic heterocycles. The number of rotatable bonds is 12. The lowest BCUT2D eigenvalue weighted by molar-refractivity contribution is -0.432. The molecule has 4 rings (SSSR count). The van der Waals surface area contributed by atoms with Crippen molar-refractivity contribution in [1.82, 2.24) is 0 Å². The summed E-state index contributed by atoms with van der Waals surface area (Å²) in [6.07, 6.45) is 0. The predicted molar refractivity (Wildman–Crippen MR) is 161 cm³/mol. The molecule has 0 bridgehead atoms. The summed E-state index contributed by atoms with van der Waals surface area (Å²) in [5.74, 6) is -0.813. The third-order valence-electron chi connectivity index (χ3n) is 5.66. The highest BCUT2D eigenvalue weighted by atomic mass is 32.2. The number of anilines is 3. The Morgan fingerprint density at radius 3 is 1.80 bits per heavy atom. The van der Waals surface area contributed by atoms with E-state index >= 15 is 0 Å². The zero-order valence-corrected chi connectivity index (χ0v) is 25.5. The van der Waals surface area contributed by atoms with Gasteiger partial charge in [0.25, 0.3) is 20.2 Å². The van der Waals surface area contributed by atoms with Crippen LogP contribution in [0.3, 0.4) is 0 Å². The monoisotopic (exact) mass is 717 g/mol. The van der Waals surface area contributed by atoms with Gasteiger partial charge in [-0.15, -0.1) is 29.1 Å². The van der Waals surface area contributed by atoms with Gasteiger partial charge in [0.15, 0.2) is 5.75 Å². The second-order valence-electron chi connectivity index (χ2n) is 8.56. The summed E-state index contributed by atoms with van der Waals surface area (Å²) in [5.41, 5.74) is 15.8. The average Bonchev–Trinajstić information content (AvgIpc) is 2.97. The molecule has 0 spiro atoms. The van der Waals surface area contributed by atoms with E-state index in [0.717, 1.165) is 24.3 Å². The van der Waals surface area contributed by atoms with Crippen molar-refractivity contribution >= 4 is 94.9 Å². The van der Waals surface area contributed by atoms with E-state index in [4.69, 9.17) is 27.7 Å². The van der Waals surface area contributed by atoms with Gasteiger partial charge in [-0.1, -0.05) is 10.1 Å². The molecule has 4 aromatic rings. The molecule has 244 valence electrons. The molecule has 20 nitrogen and oxygen atoms in total. The van der Waals surface area contributed by atoms with E-state index < -0.39 is 58.5 Å². The van der Waals surface area contributed by atoms with Crippen LogP contribution in [0.1, 0.15) is 0 Å². The van der Waals surface area contributed by atoms with Crippen LogP contribution < -0.4 is 17.2 Å². The van der Waals surface area contributed by atoms with E-state index in [2.05, 4.69) is 39.2 Å². The van der Waals surface area contributed by atoms with E-state index in [1.165, 1.54) is 24.3 Å². The zero-order chi connectivity index (χ0) is 33.8. The topological polar surface area (TPSA) is 334 Å². The van der Waals surface area contributed by atoms with Crippen molar-refractivity contribution in [3.8, 4) is 5.75 Å². The minimum Gasteiger partial charge on any atom is -0.505 e. The van der Waals surface area contributed by atoms with Crippen LogP contribution in [-0.2, 0) is 39.0 Å². The first kappa shape index (κ1) is 34.7. The molecular formula is C22H19N7O13S4. The predicted octanol–water partition coefficient (Wildman–Crippen LogP) is 5.47. The highest BCUT2D eigenvalue weighted by Gasteiger charge is 2.26. The number of benzene rings is 4. The fourth-order valence-corrected chi connectivity index (χ4v) is 5.98. The molecule has 4 aromatic carbocycles. The van der Waals surface area contributed by atoms with E-state index in [-0.39, 0.29) is 49.7 Å². The largest absolute Gasteiger partial charge is 0.505 e. The number of nitrogens with two attached hydrogens (primary N) is 3. The maximum Gasteiger partial charge on any atom is 0.296 e. The van der Waals surface area contributed by atoms with Gasteiger partial charge in [-0.3, -0.25) is 9.11 Å². The number of phenols is 1. The van der Waals surface area contributed by atoms with Gasteiger partial charge >= 0.3 is 0 Å². The molecule has 0 saturated carbocycles. The maximum absolute atomic E-state index is 12.4. The maximum atomic E-state index is 12.4. The molecule has 24 heteroatoms. The summed E-state index contributed by atoms with van der Waals surface area (Å²) in [5, 5.41) is 50.5. The van der Waals surface area contributed by atoms with Gasteiger partial charge in [0.05, 0.1) is 45.0 Å². The summed E-state index contributed by atoms with van der Waals surface area (Å²) in [7, 11) is -9.88. The number of aromatic hydroxyl groups is 1. The Bertz CT molecular complexity index is 2100. The Hall–Kier alpha value is -4.18. The zero-order valence-electron chi connectivity index (χ0n) is 22.3. The normalized spacial score (nSPS) is 12.5. The second kappa shape index (κ2) is 14.1. The number of hydrogen-bond donors (Lipinski definition) is 8. The molecule has 46 heavy (non-hydrogen) atoms. The highest BCUT2D eigenvalue weighted by molar-refractivity contribution is 7.95. The summed E-state index contributed by atoms with van der Waals surface area (Å²) < 4.78 is 76.8. The van der Waals surface area contributed by atoms with Crippen molar-refractivity contribution in [3.05, 3.63) is 48.5 Å². The van der Waals surface area contributed by atoms with Crippen LogP contribution in [0.5, 0.6) is 5.75 Å². The Morgan fingerprint density at radius 1 is 0.652 bits per heavy atom. The van der Waals surface area contributed by atoms with Crippen LogP contribution in [0.2, 0.25) is 0 Å². The van der Waals surface area contributed by atoms with Crippen LogP contribution in [0.4, 0.5) is 39.8 Å². The molecule has 0 aliphatic carbocycles. The van der Waals surface area contributed by atoms with E-state index in [0.29, 0.717) is 12.0 Å². The first-order chi connectivity index (χ1) is 21.6. The van der Waals surface area contributed by atoms with Crippen molar-refractivity contribution in [1.29, 1.82) is 0 Å². The van der Waals surface area contributed by atoms with Crippen molar-refractivity contribution in [2.45, 2.75) is 19.6 Å². The molecule has 0 amide bonds. The Kier molecular flexibility index (Phi) is 10.6. The van der Waals surface area contributed by atoms with Gasteiger partial charge in [0.1, 0.15) is 32.5 Å². The first-order valence-corrected chi connectivity index (χ1v) is 16.0. The minimum absolute atomic E-state index is 0.0323. The lowest BCUT2D eigenvalue weighted by Crippen LogP contribution is -2.02. The van der Waals surface area contributed by atoms with Crippen LogP contribution >= 0.6 is 24.1 Å². The third-order valence-corrected chi connectivity index (χ3v) is 8.70. The average molecular weight is 718 g/mol. The molecule has 0 fully saturated rings. The number of phenolic OH excluding ortho intramolecular Hbond substituents is 1. The molecule has 0 heterocycles. The smallest absolute Gasteiger partial charge is 0.296 e. The minimum atomic E-state index is -5.07. The summed E-state index contributed by atoms with van der Waals surface area (Å²) >= 11 is 0.718. The molecular weight excluding hydrogens is 699 g/mol. The number of nitrogens with zero attached hydrogens (tertiary/aromatic N) is 4. The van der Waals surface area contributed by atoms with Gasteiger partial charge in [-0.05, 0) is 53.9 Å².